The predicted octanol–water partition coefficient (Wildman–Crippen LogP) is 1.76. The van der Waals surface area contributed by atoms with Gasteiger partial charge >= 0.3 is 5.97 Å². The molecule has 0 aliphatic carbocycles. The van der Waals surface area contributed by atoms with E-state index in [4.69, 9.17) is 21.1 Å². The van der Waals surface area contributed by atoms with Crippen LogP contribution in [0.25, 0.3) is 0 Å². The summed E-state index contributed by atoms with van der Waals surface area (Å²) in [5.41, 5.74) is 0.986. The maximum absolute atomic E-state index is 11.4. The molecule has 0 spiro atoms. The highest BCUT2D eigenvalue weighted by molar-refractivity contribution is 6.30. The van der Waals surface area contributed by atoms with E-state index < -0.39 is 12.1 Å². The van der Waals surface area contributed by atoms with Crippen molar-refractivity contribution in [2.45, 2.75) is 32.6 Å². The van der Waals surface area contributed by atoms with E-state index in [1.807, 2.05) is 12.1 Å². The van der Waals surface area contributed by atoms with Crippen LogP contribution < -0.4 is 5.32 Å². The molecule has 2 unspecified atom stereocenters. The molecule has 118 valence electrons. The molecule has 0 aliphatic rings. The van der Waals surface area contributed by atoms with E-state index >= 15 is 0 Å². The van der Waals surface area contributed by atoms with Crippen molar-refractivity contribution in [3.63, 3.8) is 0 Å². The lowest BCUT2D eigenvalue weighted by Gasteiger charge is -2.16. The molecule has 6 heteroatoms. The van der Waals surface area contributed by atoms with Gasteiger partial charge in [0.05, 0.1) is 25.9 Å². The summed E-state index contributed by atoms with van der Waals surface area (Å²) in [6.07, 6.45) is -0.686. The van der Waals surface area contributed by atoms with E-state index in [9.17, 15) is 9.90 Å². The van der Waals surface area contributed by atoms with E-state index in [0.717, 1.165) is 5.56 Å². The van der Waals surface area contributed by atoms with E-state index in [1.165, 1.54) is 0 Å². The number of carbonyl (C=O) groups is 1. The van der Waals surface area contributed by atoms with Gasteiger partial charge in [0.25, 0.3) is 0 Å². The summed E-state index contributed by atoms with van der Waals surface area (Å²) < 4.78 is 10.3. The van der Waals surface area contributed by atoms with Crippen molar-refractivity contribution >= 4 is 17.6 Å². The van der Waals surface area contributed by atoms with Crippen LogP contribution in [0.3, 0.4) is 0 Å². The second-order valence-corrected chi connectivity index (χ2v) is 5.11. The Morgan fingerprint density at radius 3 is 2.67 bits per heavy atom. The molecular formula is C15H22ClNO4. The van der Waals surface area contributed by atoms with Crippen LogP contribution in [0.1, 0.15) is 19.4 Å². The topological polar surface area (TPSA) is 67.8 Å². The van der Waals surface area contributed by atoms with Crippen LogP contribution in [0, 0.1) is 0 Å². The molecule has 5 nitrogen and oxygen atoms in total. The smallest absolute Gasteiger partial charge is 0.322 e. The third-order valence-electron chi connectivity index (χ3n) is 2.79. The van der Waals surface area contributed by atoms with E-state index in [0.29, 0.717) is 18.2 Å². The number of hydrogen-bond acceptors (Lipinski definition) is 5. The Bertz CT molecular complexity index is 424. The standard InChI is InChI=1S/C15H22ClNO4/c1-3-21-15(19)11(2)17-8-14(18)10-20-9-12-4-6-13(16)7-5-12/h4-7,11,14,17-18H,3,8-10H2,1-2H3. The van der Waals surface area contributed by atoms with Crippen LogP contribution in [0.15, 0.2) is 24.3 Å². The third kappa shape index (κ3) is 7.43. The molecule has 0 amide bonds. The number of benzene rings is 1. The summed E-state index contributed by atoms with van der Waals surface area (Å²) in [4.78, 5) is 11.4. The first-order valence-corrected chi connectivity index (χ1v) is 7.31. The fourth-order valence-corrected chi connectivity index (χ4v) is 1.74. The molecule has 0 fully saturated rings. The van der Waals surface area contributed by atoms with Gasteiger partial charge in [-0.2, -0.15) is 0 Å². The number of rotatable bonds is 9. The monoisotopic (exact) mass is 315 g/mol. The lowest BCUT2D eigenvalue weighted by molar-refractivity contribution is -0.145. The van der Waals surface area contributed by atoms with E-state index in [1.54, 1.807) is 26.0 Å². The molecule has 1 aromatic rings. The van der Waals surface area contributed by atoms with Crippen molar-refractivity contribution in [1.29, 1.82) is 0 Å². The normalized spacial score (nSPS) is 13.7. The Hall–Kier alpha value is -1.14. The highest BCUT2D eigenvalue weighted by atomic mass is 35.5. The van der Waals surface area contributed by atoms with Gasteiger partial charge in [0.15, 0.2) is 0 Å². The van der Waals surface area contributed by atoms with Crippen LogP contribution in [-0.2, 0) is 20.9 Å². The number of halogens is 1. The number of esters is 1. The zero-order valence-corrected chi connectivity index (χ0v) is 13.1. The molecule has 1 rings (SSSR count). The molecule has 0 bridgehead atoms. The quantitative estimate of drug-likeness (QED) is 0.680. The second kappa shape index (κ2) is 9.73. The minimum atomic E-state index is -0.686. The first-order chi connectivity index (χ1) is 10.0. The minimum absolute atomic E-state index is 0.186. The van der Waals surface area contributed by atoms with Gasteiger partial charge in [0, 0.05) is 11.6 Å². The average Bonchev–Trinajstić information content (AvgIpc) is 2.47. The number of ether oxygens (including phenoxy) is 2. The maximum atomic E-state index is 11.4. The largest absolute Gasteiger partial charge is 0.465 e. The van der Waals surface area contributed by atoms with Gasteiger partial charge in [-0.1, -0.05) is 23.7 Å². The molecule has 0 aromatic heterocycles. The van der Waals surface area contributed by atoms with Crippen molar-refractivity contribution in [3.05, 3.63) is 34.9 Å². The van der Waals surface area contributed by atoms with Gasteiger partial charge in [0.2, 0.25) is 0 Å². The first-order valence-electron chi connectivity index (χ1n) is 6.93. The zero-order chi connectivity index (χ0) is 15.7. The Balaban J connectivity index is 2.17. The summed E-state index contributed by atoms with van der Waals surface area (Å²) in [5, 5.41) is 13.3. The molecular weight excluding hydrogens is 294 g/mol. The molecule has 0 aliphatic heterocycles. The maximum Gasteiger partial charge on any atom is 0.322 e. The number of nitrogens with one attached hydrogen (secondary N) is 1. The van der Waals surface area contributed by atoms with Gasteiger partial charge in [-0.25, -0.2) is 0 Å². The Morgan fingerprint density at radius 1 is 1.38 bits per heavy atom. The molecule has 0 heterocycles. The zero-order valence-electron chi connectivity index (χ0n) is 12.3. The van der Waals surface area contributed by atoms with Crippen LogP contribution >= 0.6 is 11.6 Å². The number of hydrogen-bond donors (Lipinski definition) is 2. The van der Waals surface area contributed by atoms with E-state index in [-0.39, 0.29) is 19.1 Å². The fourth-order valence-electron chi connectivity index (χ4n) is 1.62. The number of aliphatic hydroxyl groups excluding tert-OH is 1. The van der Waals surface area contributed by atoms with Crippen molar-refractivity contribution < 1.29 is 19.4 Å². The Kier molecular flexibility index (Phi) is 8.30. The molecule has 21 heavy (non-hydrogen) atoms. The third-order valence-corrected chi connectivity index (χ3v) is 3.04. The summed E-state index contributed by atoms with van der Waals surface area (Å²) >= 11 is 5.79. The first kappa shape index (κ1) is 17.9. The Morgan fingerprint density at radius 2 is 2.05 bits per heavy atom. The van der Waals surface area contributed by atoms with Gasteiger partial charge < -0.3 is 19.9 Å². The average molecular weight is 316 g/mol. The van der Waals surface area contributed by atoms with Crippen molar-refractivity contribution in [2.24, 2.45) is 0 Å². The van der Waals surface area contributed by atoms with Gasteiger partial charge in [-0.15, -0.1) is 0 Å². The van der Waals surface area contributed by atoms with Crippen LogP contribution in [-0.4, -0.2) is 43.0 Å². The van der Waals surface area contributed by atoms with E-state index in [2.05, 4.69) is 5.32 Å². The summed E-state index contributed by atoms with van der Waals surface area (Å²) in [5.74, 6) is -0.327. The SMILES string of the molecule is CCOC(=O)C(C)NCC(O)COCc1ccc(Cl)cc1. The second-order valence-electron chi connectivity index (χ2n) is 4.68. The Labute approximate surface area is 130 Å². The molecule has 1 aromatic carbocycles. The van der Waals surface area contributed by atoms with Crippen LogP contribution in [0.5, 0.6) is 0 Å². The summed E-state index contributed by atoms with van der Waals surface area (Å²) in [6.45, 7) is 4.65. The predicted molar refractivity (Wildman–Crippen MR) is 81.2 cm³/mol. The fraction of sp³-hybridized carbons (Fsp3) is 0.533. The number of aliphatic hydroxyl groups is 1. The summed E-state index contributed by atoms with van der Waals surface area (Å²) in [6, 6.07) is 6.88. The molecule has 0 radical (unpaired) electrons. The van der Waals surface area contributed by atoms with Crippen molar-refractivity contribution in [3.8, 4) is 0 Å². The molecule has 0 saturated heterocycles. The number of carbonyl (C=O) groups excluding carboxylic acids is 1. The minimum Gasteiger partial charge on any atom is -0.465 e. The van der Waals surface area contributed by atoms with Gasteiger partial charge in [0.1, 0.15) is 6.04 Å². The lowest BCUT2D eigenvalue weighted by atomic mass is 10.2. The molecule has 0 saturated carbocycles. The lowest BCUT2D eigenvalue weighted by Crippen LogP contribution is -2.41. The highest BCUT2D eigenvalue weighted by Gasteiger charge is 2.14. The molecule has 2 N–H and O–H groups in total. The van der Waals surface area contributed by atoms with Crippen LogP contribution in [0.4, 0.5) is 0 Å². The summed E-state index contributed by atoms with van der Waals surface area (Å²) in [7, 11) is 0. The highest BCUT2D eigenvalue weighted by Crippen LogP contribution is 2.10. The van der Waals surface area contributed by atoms with Crippen molar-refractivity contribution in [2.75, 3.05) is 19.8 Å². The molecule has 2 atom stereocenters. The van der Waals surface area contributed by atoms with Crippen molar-refractivity contribution in [1.82, 2.24) is 5.32 Å². The van der Waals surface area contributed by atoms with Gasteiger partial charge in [-0.3, -0.25) is 4.79 Å². The van der Waals surface area contributed by atoms with Crippen LogP contribution in [0.2, 0.25) is 5.02 Å². The van der Waals surface area contributed by atoms with Gasteiger partial charge in [-0.05, 0) is 31.5 Å².